The third kappa shape index (κ3) is 2.43. The van der Waals surface area contributed by atoms with Crippen LogP contribution in [0, 0.1) is 17.8 Å². The fourth-order valence-corrected chi connectivity index (χ4v) is 5.96. The summed E-state index contributed by atoms with van der Waals surface area (Å²) in [6.07, 6.45) is 11.6. The standard InChI is InChI=1S/C21H26O2/c1-3-4-19(22)17-5-6-20(23-2)18(10-17)21-11-14-7-15(12-21)9-16(8-14)13-21/h3-6,10,14-16H,7-9,11-13H2,1-2H3/b4-3+. The molecule has 0 radical (unpaired) electrons. The Morgan fingerprint density at radius 2 is 1.74 bits per heavy atom. The highest BCUT2D eigenvalue weighted by molar-refractivity contribution is 6.04. The minimum absolute atomic E-state index is 0.0983. The van der Waals surface area contributed by atoms with Crippen LogP contribution in [0.5, 0.6) is 5.75 Å². The lowest BCUT2D eigenvalue weighted by atomic mass is 9.48. The van der Waals surface area contributed by atoms with Crippen LogP contribution in [0.25, 0.3) is 0 Å². The van der Waals surface area contributed by atoms with Crippen LogP contribution in [0.2, 0.25) is 0 Å². The Morgan fingerprint density at radius 3 is 2.26 bits per heavy atom. The molecule has 0 aliphatic heterocycles. The summed E-state index contributed by atoms with van der Waals surface area (Å²) in [6, 6.07) is 6.05. The highest BCUT2D eigenvalue weighted by Gasteiger charge is 2.52. The molecule has 0 heterocycles. The molecule has 122 valence electrons. The molecule has 4 bridgehead atoms. The van der Waals surface area contributed by atoms with Gasteiger partial charge in [0.05, 0.1) is 7.11 Å². The molecule has 0 amide bonds. The van der Waals surface area contributed by atoms with Gasteiger partial charge in [-0.25, -0.2) is 0 Å². The molecule has 1 aromatic rings. The molecule has 0 unspecified atom stereocenters. The molecule has 4 fully saturated rings. The Kier molecular flexibility index (Phi) is 3.59. The van der Waals surface area contributed by atoms with Crippen molar-refractivity contribution in [2.45, 2.75) is 50.9 Å². The quantitative estimate of drug-likeness (QED) is 0.582. The van der Waals surface area contributed by atoms with Gasteiger partial charge in [-0.1, -0.05) is 6.08 Å². The molecule has 4 aliphatic carbocycles. The lowest BCUT2D eigenvalue weighted by Gasteiger charge is -2.57. The number of carbonyl (C=O) groups excluding carboxylic acids is 1. The average Bonchev–Trinajstić information content (AvgIpc) is 2.53. The first-order valence-electron chi connectivity index (χ1n) is 8.99. The van der Waals surface area contributed by atoms with Crippen molar-refractivity contribution in [3.8, 4) is 5.75 Å². The zero-order valence-corrected chi connectivity index (χ0v) is 14.2. The van der Waals surface area contributed by atoms with Gasteiger partial charge in [0.25, 0.3) is 0 Å². The van der Waals surface area contributed by atoms with E-state index in [1.807, 2.05) is 25.1 Å². The lowest BCUT2D eigenvalue weighted by molar-refractivity contribution is -0.00617. The van der Waals surface area contributed by atoms with Crippen molar-refractivity contribution in [1.82, 2.24) is 0 Å². The van der Waals surface area contributed by atoms with Gasteiger partial charge < -0.3 is 4.74 Å². The summed E-state index contributed by atoms with van der Waals surface area (Å²) < 4.78 is 5.70. The van der Waals surface area contributed by atoms with E-state index in [0.717, 1.165) is 29.1 Å². The van der Waals surface area contributed by atoms with Crippen LogP contribution in [-0.4, -0.2) is 12.9 Å². The Labute approximate surface area is 138 Å². The molecule has 0 atom stereocenters. The van der Waals surface area contributed by atoms with Crippen LogP contribution >= 0.6 is 0 Å². The van der Waals surface area contributed by atoms with E-state index >= 15 is 0 Å². The van der Waals surface area contributed by atoms with Gasteiger partial charge in [-0.15, -0.1) is 0 Å². The van der Waals surface area contributed by atoms with Crippen LogP contribution < -0.4 is 4.74 Å². The number of hydrogen-bond acceptors (Lipinski definition) is 2. The van der Waals surface area contributed by atoms with Crippen molar-refractivity contribution in [2.75, 3.05) is 7.11 Å². The first-order valence-corrected chi connectivity index (χ1v) is 8.99. The number of hydrogen-bond donors (Lipinski definition) is 0. The monoisotopic (exact) mass is 310 g/mol. The number of ketones is 1. The molecule has 23 heavy (non-hydrogen) atoms. The van der Waals surface area contributed by atoms with Crippen molar-refractivity contribution in [2.24, 2.45) is 17.8 Å². The Bertz CT molecular complexity index is 621. The van der Waals surface area contributed by atoms with Crippen molar-refractivity contribution in [3.05, 3.63) is 41.5 Å². The predicted octanol–water partition coefficient (Wildman–Crippen LogP) is 4.92. The molecular formula is C21H26O2. The summed E-state index contributed by atoms with van der Waals surface area (Å²) in [4.78, 5) is 12.3. The molecule has 2 nitrogen and oxygen atoms in total. The van der Waals surface area contributed by atoms with Gasteiger partial charge in [0.1, 0.15) is 5.75 Å². The maximum atomic E-state index is 12.3. The third-order valence-electron chi connectivity index (χ3n) is 6.41. The summed E-state index contributed by atoms with van der Waals surface area (Å²) in [5.74, 6) is 3.74. The van der Waals surface area contributed by atoms with Crippen LogP contribution in [0.3, 0.4) is 0 Å². The number of benzene rings is 1. The first kappa shape index (κ1) is 15.0. The van der Waals surface area contributed by atoms with Crippen LogP contribution in [0.1, 0.15) is 61.4 Å². The normalized spacial score (nSPS) is 35.0. The summed E-state index contributed by atoms with van der Waals surface area (Å²) in [5, 5.41) is 0. The predicted molar refractivity (Wildman–Crippen MR) is 92.0 cm³/mol. The van der Waals surface area contributed by atoms with Gasteiger partial charge in [0.15, 0.2) is 5.78 Å². The van der Waals surface area contributed by atoms with Crippen molar-refractivity contribution in [1.29, 1.82) is 0 Å². The Morgan fingerprint density at radius 1 is 1.13 bits per heavy atom. The molecule has 5 rings (SSSR count). The Hall–Kier alpha value is -1.57. The van der Waals surface area contributed by atoms with Crippen LogP contribution in [0.4, 0.5) is 0 Å². The Balaban J connectivity index is 1.78. The molecule has 0 saturated heterocycles. The average molecular weight is 310 g/mol. The van der Waals surface area contributed by atoms with Crippen LogP contribution in [0.15, 0.2) is 30.4 Å². The van der Waals surface area contributed by atoms with E-state index in [1.165, 1.54) is 44.1 Å². The highest BCUT2D eigenvalue weighted by Crippen LogP contribution is 2.61. The molecule has 4 saturated carbocycles. The zero-order chi connectivity index (χ0) is 16.0. The van der Waals surface area contributed by atoms with Crippen molar-refractivity contribution in [3.63, 3.8) is 0 Å². The van der Waals surface area contributed by atoms with Gasteiger partial charge in [0.2, 0.25) is 0 Å². The fourth-order valence-electron chi connectivity index (χ4n) is 5.96. The number of allylic oxidation sites excluding steroid dienone is 2. The van der Waals surface area contributed by atoms with Crippen molar-refractivity contribution < 1.29 is 9.53 Å². The van der Waals surface area contributed by atoms with Crippen molar-refractivity contribution >= 4 is 5.78 Å². The minimum atomic E-state index is 0.0983. The zero-order valence-electron chi connectivity index (χ0n) is 14.2. The second kappa shape index (κ2) is 5.51. The van der Waals surface area contributed by atoms with E-state index in [1.54, 1.807) is 13.2 Å². The number of methoxy groups -OCH3 is 1. The van der Waals surface area contributed by atoms with Gasteiger partial charge >= 0.3 is 0 Å². The van der Waals surface area contributed by atoms with E-state index in [-0.39, 0.29) is 11.2 Å². The number of ether oxygens (including phenoxy) is 1. The second-order valence-electron chi connectivity index (χ2n) is 7.98. The lowest BCUT2D eigenvalue weighted by Crippen LogP contribution is -2.48. The number of rotatable bonds is 4. The maximum absolute atomic E-state index is 12.3. The largest absolute Gasteiger partial charge is 0.496 e. The van der Waals surface area contributed by atoms with E-state index in [9.17, 15) is 4.79 Å². The third-order valence-corrected chi connectivity index (χ3v) is 6.41. The van der Waals surface area contributed by atoms with E-state index in [0.29, 0.717) is 0 Å². The molecule has 4 aliphatic rings. The number of carbonyl (C=O) groups is 1. The van der Waals surface area contributed by atoms with Gasteiger partial charge in [-0.3, -0.25) is 4.79 Å². The second-order valence-corrected chi connectivity index (χ2v) is 7.98. The topological polar surface area (TPSA) is 26.3 Å². The summed E-state index contributed by atoms with van der Waals surface area (Å²) >= 11 is 0. The minimum Gasteiger partial charge on any atom is -0.496 e. The molecule has 0 aromatic heterocycles. The van der Waals surface area contributed by atoms with Crippen LogP contribution in [-0.2, 0) is 5.41 Å². The van der Waals surface area contributed by atoms with E-state index < -0.39 is 0 Å². The molecule has 0 N–H and O–H groups in total. The molecule has 1 aromatic carbocycles. The molecule has 0 spiro atoms. The van der Waals surface area contributed by atoms with Gasteiger partial charge in [-0.2, -0.15) is 0 Å². The smallest absolute Gasteiger partial charge is 0.185 e. The SMILES string of the molecule is C/C=C/C(=O)c1ccc(OC)c(C23CC4CC(CC(C4)C2)C3)c1. The highest BCUT2D eigenvalue weighted by atomic mass is 16.5. The molecule has 2 heteroatoms. The first-order chi connectivity index (χ1) is 11.1. The van der Waals surface area contributed by atoms with Gasteiger partial charge in [0, 0.05) is 11.1 Å². The maximum Gasteiger partial charge on any atom is 0.185 e. The molecular weight excluding hydrogens is 284 g/mol. The van der Waals surface area contributed by atoms with Gasteiger partial charge in [-0.05, 0) is 92.9 Å². The summed E-state index contributed by atoms with van der Waals surface area (Å²) in [6.45, 7) is 1.89. The fraction of sp³-hybridized carbons (Fsp3) is 0.571. The van der Waals surface area contributed by atoms with E-state index in [4.69, 9.17) is 4.74 Å². The summed E-state index contributed by atoms with van der Waals surface area (Å²) in [5.41, 5.74) is 2.36. The summed E-state index contributed by atoms with van der Waals surface area (Å²) in [7, 11) is 1.76. The van der Waals surface area contributed by atoms with E-state index in [2.05, 4.69) is 6.07 Å².